The van der Waals surface area contributed by atoms with Crippen molar-refractivity contribution in [1.82, 2.24) is 15.5 Å². The van der Waals surface area contributed by atoms with Gasteiger partial charge in [-0.2, -0.15) is 13.2 Å². The topological polar surface area (TPSA) is 66.0 Å². The first-order valence-corrected chi connectivity index (χ1v) is 10.5. The Morgan fingerprint density at radius 3 is 2.21 bits per heavy atom. The van der Waals surface area contributed by atoms with E-state index in [4.69, 9.17) is 4.74 Å². The molecular formula is C23H28F3IN4O2. The summed E-state index contributed by atoms with van der Waals surface area (Å²) in [6.07, 6.45) is -2.51. The SMILES string of the molecule is CN=C(NCCNC(=O)c1ccc(C(F)(F)F)cc1)N1CCC(Oc2ccccc2)CC1.I. The Morgan fingerprint density at radius 2 is 1.64 bits per heavy atom. The Hall–Kier alpha value is -2.50. The number of likely N-dealkylation sites (tertiary alicyclic amines) is 1. The number of alkyl halides is 3. The maximum Gasteiger partial charge on any atom is 0.416 e. The van der Waals surface area contributed by atoms with Gasteiger partial charge in [-0.05, 0) is 36.4 Å². The zero-order valence-corrected chi connectivity index (χ0v) is 20.6. The molecule has 10 heteroatoms. The van der Waals surface area contributed by atoms with Crippen molar-refractivity contribution in [3.63, 3.8) is 0 Å². The summed E-state index contributed by atoms with van der Waals surface area (Å²) in [6.45, 7) is 2.36. The molecule has 3 rings (SSSR count). The van der Waals surface area contributed by atoms with Crippen molar-refractivity contribution in [2.24, 2.45) is 4.99 Å². The Bertz CT molecular complexity index is 900. The first-order valence-electron chi connectivity index (χ1n) is 10.5. The van der Waals surface area contributed by atoms with Gasteiger partial charge in [0.25, 0.3) is 5.91 Å². The second-order valence-electron chi connectivity index (χ2n) is 7.42. The van der Waals surface area contributed by atoms with E-state index in [1.807, 2.05) is 30.3 Å². The lowest BCUT2D eigenvalue weighted by Crippen LogP contribution is -2.48. The molecule has 0 bridgehead atoms. The van der Waals surface area contributed by atoms with Gasteiger partial charge in [-0.1, -0.05) is 18.2 Å². The van der Waals surface area contributed by atoms with Gasteiger partial charge in [0.1, 0.15) is 11.9 Å². The molecule has 1 aliphatic rings. The summed E-state index contributed by atoms with van der Waals surface area (Å²) >= 11 is 0. The molecule has 1 aliphatic heterocycles. The molecule has 0 radical (unpaired) electrons. The van der Waals surface area contributed by atoms with E-state index in [9.17, 15) is 18.0 Å². The number of ether oxygens (including phenoxy) is 1. The average Bonchev–Trinajstić information content (AvgIpc) is 2.80. The summed E-state index contributed by atoms with van der Waals surface area (Å²) in [4.78, 5) is 18.6. The molecule has 2 aromatic rings. The van der Waals surface area contributed by atoms with Crippen LogP contribution in [0.4, 0.5) is 13.2 Å². The van der Waals surface area contributed by atoms with Gasteiger partial charge in [-0.25, -0.2) is 0 Å². The minimum absolute atomic E-state index is 0. The standard InChI is InChI=1S/C23H27F3N4O2.HI/c1-27-22(30-15-11-20(12-16-30)32-19-5-3-2-4-6-19)29-14-13-28-21(31)17-7-9-18(10-8-17)23(24,25)26;/h2-10,20H,11-16H2,1H3,(H,27,29)(H,28,31);1H. The average molecular weight is 576 g/mol. The Balaban J connectivity index is 0.00000385. The predicted molar refractivity (Wildman–Crippen MR) is 132 cm³/mol. The van der Waals surface area contributed by atoms with Crippen LogP contribution in [-0.2, 0) is 6.18 Å². The van der Waals surface area contributed by atoms with Crippen LogP contribution in [0.15, 0.2) is 59.6 Å². The number of nitrogens with zero attached hydrogens (tertiary/aromatic N) is 2. The number of benzene rings is 2. The van der Waals surface area contributed by atoms with E-state index in [1.54, 1.807) is 7.05 Å². The molecule has 1 heterocycles. The molecule has 6 nitrogen and oxygen atoms in total. The predicted octanol–water partition coefficient (Wildman–Crippen LogP) is 4.17. The third-order valence-electron chi connectivity index (χ3n) is 5.17. The summed E-state index contributed by atoms with van der Waals surface area (Å²) in [7, 11) is 1.70. The molecule has 1 amide bonds. The maximum atomic E-state index is 12.6. The number of para-hydroxylation sites is 1. The first kappa shape index (κ1) is 26.7. The molecule has 0 aromatic heterocycles. The van der Waals surface area contributed by atoms with Crippen LogP contribution >= 0.6 is 24.0 Å². The highest BCUT2D eigenvalue weighted by Crippen LogP contribution is 2.29. The van der Waals surface area contributed by atoms with Gasteiger partial charge in [0.2, 0.25) is 0 Å². The van der Waals surface area contributed by atoms with Crippen molar-refractivity contribution in [2.45, 2.75) is 25.1 Å². The molecule has 1 fully saturated rings. The summed E-state index contributed by atoms with van der Waals surface area (Å²) in [5.41, 5.74) is -0.597. The number of aliphatic imine (C=N–C) groups is 1. The van der Waals surface area contributed by atoms with Crippen molar-refractivity contribution >= 4 is 35.8 Å². The van der Waals surface area contributed by atoms with E-state index in [2.05, 4.69) is 20.5 Å². The number of carbonyl (C=O) groups excluding carboxylic acids is 1. The number of piperidine rings is 1. The number of amides is 1. The fourth-order valence-electron chi connectivity index (χ4n) is 3.47. The third-order valence-corrected chi connectivity index (χ3v) is 5.17. The zero-order chi connectivity index (χ0) is 23.0. The highest BCUT2D eigenvalue weighted by Gasteiger charge is 2.30. The summed E-state index contributed by atoms with van der Waals surface area (Å²) in [5, 5.41) is 5.91. The minimum Gasteiger partial charge on any atom is -0.490 e. The van der Waals surface area contributed by atoms with Crippen molar-refractivity contribution < 1.29 is 22.7 Å². The van der Waals surface area contributed by atoms with Crippen LogP contribution in [0.3, 0.4) is 0 Å². The Kier molecular flexibility index (Phi) is 10.3. The van der Waals surface area contributed by atoms with Crippen molar-refractivity contribution in [3.05, 3.63) is 65.7 Å². The van der Waals surface area contributed by atoms with Crippen LogP contribution in [-0.4, -0.2) is 56.1 Å². The number of carbonyl (C=O) groups is 1. The van der Waals surface area contributed by atoms with Crippen molar-refractivity contribution in [3.8, 4) is 5.75 Å². The number of hydrogen-bond donors (Lipinski definition) is 2. The molecule has 0 saturated carbocycles. The van der Waals surface area contributed by atoms with Crippen LogP contribution in [0.1, 0.15) is 28.8 Å². The van der Waals surface area contributed by atoms with Crippen LogP contribution in [0.2, 0.25) is 0 Å². The minimum atomic E-state index is -4.42. The number of guanidine groups is 1. The molecule has 0 atom stereocenters. The summed E-state index contributed by atoms with van der Waals surface area (Å²) < 4.78 is 43.9. The molecule has 2 N–H and O–H groups in total. The fraction of sp³-hybridized carbons (Fsp3) is 0.391. The van der Waals surface area contributed by atoms with Crippen LogP contribution in [0.25, 0.3) is 0 Å². The molecule has 33 heavy (non-hydrogen) atoms. The van der Waals surface area contributed by atoms with Crippen molar-refractivity contribution in [1.29, 1.82) is 0 Å². The summed E-state index contributed by atoms with van der Waals surface area (Å²) in [6, 6.07) is 13.9. The number of hydrogen-bond acceptors (Lipinski definition) is 3. The van der Waals surface area contributed by atoms with Gasteiger partial charge < -0.3 is 20.3 Å². The third kappa shape index (κ3) is 8.09. The second-order valence-corrected chi connectivity index (χ2v) is 7.42. The zero-order valence-electron chi connectivity index (χ0n) is 18.3. The molecule has 2 aromatic carbocycles. The van der Waals surface area contributed by atoms with Crippen LogP contribution in [0, 0.1) is 0 Å². The Labute approximate surface area is 208 Å². The van der Waals surface area contributed by atoms with Gasteiger partial charge in [-0.15, -0.1) is 24.0 Å². The van der Waals surface area contributed by atoms with E-state index in [0.717, 1.165) is 49.8 Å². The molecule has 0 spiro atoms. The maximum absolute atomic E-state index is 12.6. The molecular weight excluding hydrogens is 548 g/mol. The molecule has 0 aliphatic carbocycles. The van der Waals surface area contributed by atoms with E-state index in [-0.39, 0.29) is 35.6 Å². The second kappa shape index (κ2) is 12.7. The van der Waals surface area contributed by atoms with Crippen LogP contribution in [0.5, 0.6) is 5.75 Å². The van der Waals surface area contributed by atoms with Gasteiger partial charge in [-0.3, -0.25) is 9.79 Å². The lowest BCUT2D eigenvalue weighted by Gasteiger charge is -2.34. The van der Waals surface area contributed by atoms with Gasteiger partial charge >= 0.3 is 6.18 Å². The Morgan fingerprint density at radius 1 is 1.03 bits per heavy atom. The van der Waals surface area contributed by atoms with Gasteiger partial charge in [0, 0.05) is 51.6 Å². The molecule has 180 valence electrons. The monoisotopic (exact) mass is 576 g/mol. The highest BCUT2D eigenvalue weighted by molar-refractivity contribution is 14.0. The van der Waals surface area contributed by atoms with E-state index in [0.29, 0.717) is 13.1 Å². The van der Waals surface area contributed by atoms with E-state index < -0.39 is 17.6 Å². The number of halogens is 4. The van der Waals surface area contributed by atoms with Gasteiger partial charge in [0.05, 0.1) is 5.56 Å². The highest BCUT2D eigenvalue weighted by atomic mass is 127. The van der Waals surface area contributed by atoms with E-state index >= 15 is 0 Å². The first-order chi connectivity index (χ1) is 15.4. The normalized spacial score (nSPS) is 14.9. The van der Waals surface area contributed by atoms with Crippen molar-refractivity contribution in [2.75, 3.05) is 33.2 Å². The molecule has 1 saturated heterocycles. The lowest BCUT2D eigenvalue weighted by atomic mass is 10.1. The smallest absolute Gasteiger partial charge is 0.416 e. The fourth-order valence-corrected chi connectivity index (χ4v) is 3.47. The largest absolute Gasteiger partial charge is 0.490 e. The quantitative estimate of drug-likeness (QED) is 0.235. The number of nitrogens with one attached hydrogen (secondary N) is 2. The number of rotatable bonds is 6. The lowest BCUT2D eigenvalue weighted by molar-refractivity contribution is -0.137. The van der Waals surface area contributed by atoms with Gasteiger partial charge in [0.15, 0.2) is 5.96 Å². The van der Waals surface area contributed by atoms with Crippen LogP contribution < -0.4 is 15.4 Å². The molecule has 0 unspecified atom stereocenters. The summed E-state index contributed by atoms with van der Waals surface area (Å²) in [5.74, 6) is 1.19. The van der Waals surface area contributed by atoms with E-state index in [1.165, 1.54) is 12.1 Å².